The van der Waals surface area contributed by atoms with E-state index in [1.165, 1.54) is 5.57 Å². The van der Waals surface area contributed by atoms with Gasteiger partial charge >= 0.3 is 0 Å². The van der Waals surface area contributed by atoms with Gasteiger partial charge in [0, 0.05) is 61.0 Å². The van der Waals surface area contributed by atoms with E-state index in [9.17, 15) is 9.90 Å². The quantitative estimate of drug-likeness (QED) is 0.435. The first-order chi connectivity index (χ1) is 17.3. The van der Waals surface area contributed by atoms with E-state index >= 15 is 0 Å². The Kier molecular flexibility index (Phi) is 4.88. The van der Waals surface area contributed by atoms with E-state index in [1.807, 2.05) is 35.9 Å². The Labute approximate surface area is 207 Å². The number of carbonyl (C=O) groups is 1. The SMILES string of the molecule is Cn1nccc1Cc1c(C(N)=O)nc2n1C=C1CC1c1ccc(C#C[C@@](C)(O)c3ncccn3)cc1-2. The number of hydrogen-bond acceptors (Lipinski definition) is 6. The highest BCUT2D eigenvalue weighted by Crippen LogP contribution is 2.52. The van der Waals surface area contributed by atoms with Crippen molar-refractivity contribution in [3.63, 3.8) is 0 Å². The lowest BCUT2D eigenvalue weighted by Gasteiger charge is -2.13. The molecule has 1 unspecified atom stereocenters. The van der Waals surface area contributed by atoms with Gasteiger partial charge in [-0.1, -0.05) is 17.9 Å². The molecule has 0 spiro atoms. The molecule has 9 heteroatoms. The van der Waals surface area contributed by atoms with Crippen LogP contribution in [0.1, 0.15) is 58.1 Å². The molecule has 1 aromatic carbocycles. The summed E-state index contributed by atoms with van der Waals surface area (Å²) in [4.78, 5) is 25.4. The highest BCUT2D eigenvalue weighted by atomic mass is 16.3. The number of nitrogens with zero attached hydrogens (tertiary/aromatic N) is 6. The maximum atomic E-state index is 12.4. The predicted octanol–water partition coefficient (Wildman–Crippen LogP) is 2.36. The van der Waals surface area contributed by atoms with Crippen LogP contribution in [0.4, 0.5) is 0 Å². The molecule has 178 valence electrons. The van der Waals surface area contributed by atoms with Crippen LogP contribution in [0.5, 0.6) is 0 Å². The first-order valence-electron chi connectivity index (χ1n) is 11.6. The molecule has 1 aliphatic carbocycles. The highest BCUT2D eigenvalue weighted by molar-refractivity contribution is 5.94. The number of hydrogen-bond donors (Lipinski definition) is 2. The van der Waals surface area contributed by atoms with Gasteiger partial charge in [0.05, 0.1) is 5.69 Å². The zero-order valence-corrected chi connectivity index (χ0v) is 19.8. The van der Waals surface area contributed by atoms with Crippen LogP contribution in [-0.4, -0.2) is 40.3 Å². The molecule has 1 fully saturated rings. The summed E-state index contributed by atoms with van der Waals surface area (Å²) in [7, 11) is 1.87. The third-order valence-corrected chi connectivity index (χ3v) is 6.66. The van der Waals surface area contributed by atoms with Crippen LogP contribution in [0.25, 0.3) is 17.6 Å². The van der Waals surface area contributed by atoms with Crippen molar-refractivity contribution < 1.29 is 9.90 Å². The number of aromatic nitrogens is 6. The number of primary amides is 1. The van der Waals surface area contributed by atoms with E-state index in [4.69, 9.17) is 10.7 Å². The molecule has 4 aromatic rings. The molecule has 0 bridgehead atoms. The number of aliphatic hydroxyl groups is 1. The Bertz CT molecular complexity index is 1620. The second kappa shape index (κ2) is 8.00. The van der Waals surface area contributed by atoms with Crippen LogP contribution < -0.4 is 5.73 Å². The number of imidazole rings is 1. The Morgan fingerprint density at radius 2 is 2.06 bits per heavy atom. The molecule has 9 nitrogen and oxygen atoms in total. The molecule has 2 aliphatic rings. The van der Waals surface area contributed by atoms with E-state index in [-0.39, 0.29) is 11.5 Å². The van der Waals surface area contributed by atoms with Crippen molar-refractivity contribution in [2.75, 3.05) is 0 Å². The zero-order chi connectivity index (χ0) is 25.0. The molecular weight excluding hydrogens is 454 g/mol. The Balaban J connectivity index is 1.46. The second-order valence-electron chi connectivity index (χ2n) is 9.25. The molecule has 0 radical (unpaired) electrons. The summed E-state index contributed by atoms with van der Waals surface area (Å²) >= 11 is 0. The van der Waals surface area contributed by atoms with Crippen molar-refractivity contribution in [2.24, 2.45) is 12.8 Å². The van der Waals surface area contributed by atoms with E-state index < -0.39 is 11.5 Å². The van der Waals surface area contributed by atoms with E-state index in [0.29, 0.717) is 23.7 Å². The van der Waals surface area contributed by atoms with E-state index in [1.54, 1.807) is 36.3 Å². The molecule has 2 atom stereocenters. The van der Waals surface area contributed by atoms with Gasteiger partial charge in [-0.2, -0.15) is 5.10 Å². The van der Waals surface area contributed by atoms with E-state index in [0.717, 1.165) is 28.9 Å². The van der Waals surface area contributed by atoms with Crippen LogP contribution in [0.15, 0.2) is 54.5 Å². The Hall–Kier alpha value is -4.55. The van der Waals surface area contributed by atoms with Crippen LogP contribution in [0.3, 0.4) is 0 Å². The van der Waals surface area contributed by atoms with Crippen LogP contribution in [0.2, 0.25) is 0 Å². The molecule has 4 heterocycles. The molecule has 1 saturated carbocycles. The van der Waals surface area contributed by atoms with Gasteiger partial charge in [-0.05, 0) is 48.7 Å². The number of amides is 1. The zero-order valence-electron chi connectivity index (χ0n) is 19.8. The molecule has 3 aromatic heterocycles. The van der Waals surface area contributed by atoms with Gasteiger partial charge in [0.15, 0.2) is 17.1 Å². The lowest BCUT2D eigenvalue weighted by Crippen LogP contribution is -2.21. The van der Waals surface area contributed by atoms with Gasteiger partial charge in [-0.15, -0.1) is 0 Å². The molecule has 36 heavy (non-hydrogen) atoms. The van der Waals surface area contributed by atoms with Gasteiger partial charge < -0.3 is 15.4 Å². The van der Waals surface area contributed by atoms with Crippen molar-refractivity contribution in [2.45, 2.75) is 31.3 Å². The average Bonchev–Trinajstić information content (AvgIpc) is 3.41. The first-order valence-corrected chi connectivity index (χ1v) is 11.6. The number of allylic oxidation sites excluding steroid dienone is 1. The molecule has 6 rings (SSSR count). The molecule has 1 aliphatic heterocycles. The molecule has 0 saturated heterocycles. The smallest absolute Gasteiger partial charge is 0.269 e. The van der Waals surface area contributed by atoms with Gasteiger partial charge in [-0.3, -0.25) is 9.48 Å². The van der Waals surface area contributed by atoms with Crippen molar-refractivity contribution >= 4 is 12.1 Å². The monoisotopic (exact) mass is 477 g/mol. The maximum Gasteiger partial charge on any atom is 0.269 e. The van der Waals surface area contributed by atoms with Crippen molar-refractivity contribution in [1.29, 1.82) is 0 Å². The fourth-order valence-corrected chi connectivity index (χ4v) is 4.63. The molecule has 3 N–H and O–H groups in total. The standard InChI is InChI=1S/C27H23N7O2/c1-27(36,26-29-9-3-10-30-26)8-6-16-4-5-19-20-13-17(20)15-34-22(14-18-7-11-31-33(18)2)23(24(28)35)32-25(34)21(19)12-16/h3-5,7,9-12,15,20,36H,13-14H2,1-2H3,(H2,28,35)/t20?,27-/m1/s1. The number of rotatable bonds is 4. The lowest BCUT2D eigenvalue weighted by molar-refractivity contribution is 0.0995. The molecule has 1 amide bonds. The summed E-state index contributed by atoms with van der Waals surface area (Å²) in [5, 5.41) is 15.0. The third-order valence-electron chi connectivity index (χ3n) is 6.66. The number of fused-ring (bicyclic) bond motifs is 5. The largest absolute Gasteiger partial charge is 0.371 e. The normalized spacial score (nSPS) is 16.9. The lowest BCUT2D eigenvalue weighted by atomic mass is 9.99. The van der Waals surface area contributed by atoms with Crippen LogP contribution >= 0.6 is 0 Å². The van der Waals surface area contributed by atoms with Crippen molar-refractivity contribution in [3.8, 4) is 23.2 Å². The first kappa shape index (κ1) is 21.9. The molecular formula is C27H23N7O2. The van der Waals surface area contributed by atoms with Gasteiger partial charge in [0.2, 0.25) is 0 Å². The Morgan fingerprint density at radius 3 is 2.78 bits per heavy atom. The topological polar surface area (TPSA) is 125 Å². The number of benzene rings is 1. The summed E-state index contributed by atoms with van der Waals surface area (Å²) in [6, 6.07) is 9.54. The van der Waals surface area contributed by atoms with Crippen molar-refractivity contribution in [3.05, 3.63) is 88.5 Å². The van der Waals surface area contributed by atoms with E-state index in [2.05, 4.69) is 33.1 Å². The minimum atomic E-state index is -1.51. The summed E-state index contributed by atoms with van der Waals surface area (Å²) in [5.74, 6) is 6.57. The fourth-order valence-electron chi connectivity index (χ4n) is 4.63. The van der Waals surface area contributed by atoms with Gasteiger partial charge in [-0.25, -0.2) is 15.0 Å². The van der Waals surface area contributed by atoms with Gasteiger partial charge in [0.25, 0.3) is 5.91 Å². The highest BCUT2D eigenvalue weighted by Gasteiger charge is 2.38. The second-order valence-corrected chi connectivity index (χ2v) is 9.25. The fraction of sp³-hybridized carbons (Fsp3) is 0.222. The maximum absolute atomic E-state index is 12.4. The van der Waals surface area contributed by atoms with Gasteiger partial charge in [0.1, 0.15) is 5.82 Å². The summed E-state index contributed by atoms with van der Waals surface area (Å²) in [6.45, 7) is 1.57. The Morgan fingerprint density at radius 1 is 1.25 bits per heavy atom. The summed E-state index contributed by atoms with van der Waals surface area (Å²) in [6.07, 6.45) is 8.36. The number of carbonyl (C=O) groups excluding carboxylic acids is 1. The third kappa shape index (κ3) is 3.68. The van der Waals surface area contributed by atoms with Crippen molar-refractivity contribution in [1.82, 2.24) is 29.3 Å². The minimum Gasteiger partial charge on any atom is -0.371 e. The summed E-state index contributed by atoms with van der Waals surface area (Å²) in [5.41, 5.74) is 10.2. The number of nitrogens with two attached hydrogens (primary N) is 1. The predicted molar refractivity (Wildman–Crippen MR) is 132 cm³/mol. The van der Waals surface area contributed by atoms with Crippen LogP contribution in [0, 0.1) is 11.8 Å². The number of aryl methyl sites for hydroxylation is 1. The average molecular weight is 478 g/mol. The minimum absolute atomic E-state index is 0.237. The summed E-state index contributed by atoms with van der Waals surface area (Å²) < 4.78 is 3.76. The van der Waals surface area contributed by atoms with Crippen LogP contribution in [-0.2, 0) is 19.1 Å².